The summed E-state index contributed by atoms with van der Waals surface area (Å²) in [5, 5.41) is 6.84. The number of nitrogens with one attached hydrogen (secondary N) is 2. The van der Waals surface area contributed by atoms with Crippen molar-refractivity contribution in [2.24, 2.45) is 4.99 Å². The van der Waals surface area contributed by atoms with E-state index in [1.165, 1.54) is 24.2 Å². The number of rotatable bonds is 7. The van der Waals surface area contributed by atoms with E-state index in [1.54, 1.807) is 14.2 Å². The van der Waals surface area contributed by atoms with Crippen molar-refractivity contribution in [2.75, 3.05) is 40.1 Å². The minimum absolute atomic E-state index is 0.334. The maximum absolute atomic E-state index is 5.35. The van der Waals surface area contributed by atoms with Crippen LogP contribution in [0, 0.1) is 0 Å². The number of guanidine groups is 1. The molecular formula is C18H29N3O2S. The molecule has 1 aromatic carbocycles. The summed E-state index contributed by atoms with van der Waals surface area (Å²) in [5.41, 5.74) is 1.20. The molecule has 1 saturated heterocycles. The van der Waals surface area contributed by atoms with Gasteiger partial charge in [-0.25, -0.2) is 0 Å². The Morgan fingerprint density at radius 1 is 1.25 bits per heavy atom. The van der Waals surface area contributed by atoms with E-state index in [0.717, 1.165) is 37.0 Å². The van der Waals surface area contributed by atoms with Gasteiger partial charge >= 0.3 is 0 Å². The predicted octanol–water partition coefficient (Wildman–Crippen LogP) is 2.70. The first-order chi connectivity index (χ1) is 11.6. The highest BCUT2D eigenvalue weighted by Crippen LogP contribution is 2.36. The maximum atomic E-state index is 5.35. The van der Waals surface area contributed by atoms with Crippen LogP contribution in [0.15, 0.2) is 23.2 Å². The van der Waals surface area contributed by atoms with E-state index < -0.39 is 0 Å². The molecule has 0 saturated carbocycles. The number of nitrogens with zero attached hydrogens (tertiary/aromatic N) is 1. The SMILES string of the molecule is CN=C(NCCc1ccc(OC)c(OC)c1)NCC1(C)CCCS1. The molecule has 1 heterocycles. The lowest BCUT2D eigenvalue weighted by atomic mass is 10.1. The molecule has 0 spiro atoms. The van der Waals surface area contributed by atoms with Gasteiger partial charge in [0.15, 0.2) is 17.5 Å². The van der Waals surface area contributed by atoms with Gasteiger partial charge in [0, 0.05) is 24.9 Å². The Morgan fingerprint density at radius 3 is 2.67 bits per heavy atom. The lowest BCUT2D eigenvalue weighted by Crippen LogP contribution is -2.44. The second kappa shape index (κ2) is 9.06. The molecule has 1 atom stereocenters. The van der Waals surface area contributed by atoms with Gasteiger partial charge in [0.05, 0.1) is 14.2 Å². The summed E-state index contributed by atoms with van der Waals surface area (Å²) in [6.07, 6.45) is 3.48. The van der Waals surface area contributed by atoms with Crippen molar-refractivity contribution in [2.45, 2.75) is 30.9 Å². The lowest BCUT2D eigenvalue weighted by Gasteiger charge is -2.24. The smallest absolute Gasteiger partial charge is 0.191 e. The Bertz CT molecular complexity index is 557. The fraction of sp³-hybridized carbons (Fsp3) is 0.611. The van der Waals surface area contributed by atoms with E-state index in [0.29, 0.717) is 4.75 Å². The zero-order chi connectivity index (χ0) is 17.4. The summed E-state index contributed by atoms with van der Waals surface area (Å²) in [4.78, 5) is 4.31. The zero-order valence-corrected chi connectivity index (χ0v) is 16.0. The van der Waals surface area contributed by atoms with Crippen LogP contribution in [0.25, 0.3) is 0 Å². The molecule has 1 aliphatic rings. The molecule has 2 rings (SSSR count). The number of benzene rings is 1. The van der Waals surface area contributed by atoms with Gasteiger partial charge in [-0.2, -0.15) is 11.8 Å². The number of hydrogen-bond acceptors (Lipinski definition) is 4. The molecule has 1 aliphatic heterocycles. The van der Waals surface area contributed by atoms with Crippen molar-refractivity contribution in [1.82, 2.24) is 10.6 Å². The Morgan fingerprint density at radius 2 is 2.04 bits per heavy atom. The number of ether oxygens (including phenoxy) is 2. The largest absolute Gasteiger partial charge is 0.493 e. The van der Waals surface area contributed by atoms with Gasteiger partial charge in [-0.3, -0.25) is 4.99 Å². The van der Waals surface area contributed by atoms with Crippen LogP contribution in [-0.2, 0) is 6.42 Å². The quantitative estimate of drug-likeness (QED) is 0.584. The van der Waals surface area contributed by atoms with E-state index in [1.807, 2.05) is 19.2 Å². The summed E-state index contributed by atoms with van der Waals surface area (Å²) < 4.78 is 11.0. The second-order valence-corrected chi connectivity index (χ2v) is 7.88. The topological polar surface area (TPSA) is 54.9 Å². The molecule has 0 radical (unpaired) electrons. The molecule has 1 aromatic rings. The van der Waals surface area contributed by atoms with Crippen molar-refractivity contribution in [3.05, 3.63) is 23.8 Å². The first-order valence-corrected chi connectivity index (χ1v) is 9.38. The maximum Gasteiger partial charge on any atom is 0.191 e. The van der Waals surface area contributed by atoms with E-state index in [-0.39, 0.29) is 0 Å². The highest BCUT2D eigenvalue weighted by atomic mass is 32.2. The molecule has 5 nitrogen and oxygen atoms in total. The van der Waals surface area contributed by atoms with Crippen molar-refractivity contribution in [1.29, 1.82) is 0 Å². The molecule has 134 valence electrons. The van der Waals surface area contributed by atoms with Crippen LogP contribution in [0.1, 0.15) is 25.3 Å². The van der Waals surface area contributed by atoms with Crippen molar-refractivity contribution in [3.8, 4) is 11.5 Å². The molecule has 2 N–H and O–H groups in total. The Kier molecular flexibility index (Phi) is 7.09. The van der Waals surface area contributed by atoms with Crippen LogP contribution in [0.5, 0.6) is 11.5 Å². The molecule has 1 unspecified atom stereocenters. The Hall–Kier alpha value is -1.56. The number of thioether (sulfide) groups is 1. The van der Waals surface area contributed by atoms with Crippen LogP contribution in [0.4, 0.5) is 0 Å². The van der Waals surface area contributed by atoms with Gasteiger partial charge in [0.1, 0.15) is 0 Å². The molecule has 0 aromatic heterocycles. The van der Waals surface area contributed by atoms with E-state index >= 15 is 0 Å². The highest BCUT2D eigenvalue weighted by molar-refractivity contribution is 8.00. The van der Waals surface area contributed by atoms with E-state index in [9.17, 15) is 0 Å². The van der Waals surface area contributed by atoms with Gasteiger partial charge in [0.2, 0.25) is 0 Å². The molecule has 1 fully saturated rings. The van der Waals surface area contributed by atoms with Gasteiger partial charge in [-0.15, -0.1) is 0 Å². The van der Waals surface area contributed by atoms with Gasteiger partial charge in [-0.05, 0) is 49.6 Å². The second-order valence-electron chi connectivity index (χ2n) is 6.19. The van der Waals surface area contributed by atoms with Crippen molar-refractivity contribution < 1.29 is 9.47 Å². The minimum Gasteiger partial charge on any atom is -0.493 e. The van der Waals surface area contributed by atoms with Gasteiger partial charge < -0.3 is 20.1 Å². The van der Waals surface area contributed by atoms with Crippen LogP contribution in [-0.4, -0.2) is 50.8 Å². The van der Waals surface area contributed by atoms with Gasteiger partial charge in [0.25, 0.3) is 0 Å². The van der Waals surface area contributed by atoms with Crippen molar-refractivity contribution >= 4 is 17.7 Å². The third-order valence-corrected chi connectivity index (χ3v) is 5.85. The average Bonchev–Trinajstić information content (AvgIpc) is 3.04. The van der Waals surface area contributed by atoms with E-state index in [2.05, 4.69) is 40.4 Å². The Balaban J connectivity index is 1.79. The number of methoxy groups -OCH3 is 2. The molecule has 0 amide bonds. The normalized spacial score (nSPS) is 20.8. The summed E-state index contributed by atoms with van der Waals surface area (Å²) in [6, 6.07) is 6.03. The standard InChI is InChI=1S/C18H29N3O2S/c1-18(9-5-11-24-18)13-21-17(19-2)20-10-8-14-6-7-15(22-3)16(12-14)23-4/h6-7,12H,5,8-11,13H2,1-4H3,(H2,19,20,21). The van der Waals surface area contributed by atoms with Crippen LogP contribution in [0.3, 0.4) is 0 Å². The number of hydrogen-bond donors (Lipinski definition) is 2. The van der Waals surface area contributed by atoms with Crippen LogP contribution < -0.4 is 20.1 Å². The molecule has 0 aliphatic carbocycles. The first kappa shape index (κ1) is 18.8. The lowest BCUT2D eigenvalue weighted by molar-refractivity contribution is 0.354. The number of aliphatic imine (C=N–C) groups is 1. The molecule has 6 heteroatoms. The van der Waals surface area contributed by atoms with Crippen LogP contribution in [0.2, 0.25) is 0 Å². The zero-order valence-electron chi connectivity index (χ0n) is 15.1. The highest BCUT2D eigenvalue weighted by Gasteiger charge is 2.29. The summed E-state index contributed by atoms with van der Waals surface area (Å²) in [5.74, 6) is 3.66. The Labute approximate surface area is 149 Å². The molecule has 0 bridgehead atoms. The minimum atomic E-state index is 0.334. The van der Waals surface area contributed by atoms with Gasteiger partial charge in [-0.1, -0.05) is 6.07 Å². The van der Waals surface area contributed by atoms with E-state index in [4.69, 9.17) is 9.47 Å². The third kappa shape index (κ3) is 5.23. The third-order valence-electron chi connectivity index (χ3n) is 4.31. The van der Waals surface area contributed by atoms with Crippen molar-refractivity contribution in [3.63, 3.8) is 0 Å². The fourth-order valence-corrected chi connectivity index (χ4v) is 4.07. The first-order valence-electron chi connectivity index (χ1n) is 8.39. The average molecular weight is 352 g/mol. The monoisotopic (exact) mass is 351 g/mol. The summed E-state index contributed by atoms with van der Waals surface area (Å²) in [6.45, 7) is 4.10. The fourth-order valence-electron chi connectivity index (χ4n) is 2.83. The predicted molar refractivity (Wildman–Crippen MR) is 103 cm³/mol. The van der Waals surface area contributed by atoms with Crippen LogP contribution >= 0.6 is 11.8 Å². The molecular weight excluding hydrogens is 322 g/mol. The molecule has 24 heavy (non-hydrogen) atoms. The summed E-state index contributed by atoms with van der Waals surface area (Å²) >= 11 is 2.05. The summed E-state index contributed by atoms with van der Waals surface area (Å²) in [7, 11) is 5.13.